The van der Waals surface area contributed by atoms with Crippen molar-refractivity contribution in [2.45, 2.75) is 52.1 Å². The maximum absolute atomic E-state index is 11.7. The van der Waals surface area contributed by atoms with Gasteiger partial charge in [0, 0.05) is 38.5 Å². The van der Waals surface area contributed by atoms with E-state index in [4.69, 9.17) is 5.73 Å². The Bertz CT molecular complexity index is 254. The van der Waals surface area contributed by atoms with E-state index in [1.165, 1.54) is 0 Å². The Morgan fingerprint density at radius 2 is 1.82 bits per heavy atom. The fourth-order valence-corrected chi connectivity index (χ4v) is 1.37. The van der Waals surface area contributed by atoms with Gasteiger partial charge in [-0.05, 0) is 27.2 Å². The lowest BCUT2D eigenvalue weighted by Gasteiger charge is -2.23. The van der Waals surface area contributed by atoms with E-state index in [2.05, 4.69) is 5.32 Å². The van der Waals surface area contributed by atoms with Crippen LogP contribution in [0, 0.1) is 0 Å². The van der Waals surface area contributed by atoms with E-state index in [0.717, 1.165) is 0 Å². The molecule has 0 aliphatic carbocycles. The molecule has 0 spiro atoms. The van der Waals surface area contributed by atoms with Crippen LogP contribution < -0.4 is 11.1 Å². The van der Waals surface area contributed by atoms with Crippen molar-refractivity contribution in [2.75, 3.05) is 13.6 Å². The molecule has 0 aliphatic heterocycles. The zero-order chi connectivity index (χ0) is 13.4. The molecule has 0 aliphatic rings. The van der Waals surface area contributed by atoms with Crippen LogP contribution in [-0.2, 0) is 9.59 Å². The SMILES string of the molecule is CC(C)NC(=O)CCCC(=O)N(C)C(C)CN. The number of hydrogen-bond donors (Lipinski definition) is 2. The normalized spacial score (nSPS) is 12.4. The molecule has 17 heavy (non-hydrogen) atoms. The molecule has 0 aromatic heterocycles. The Kier molecular flexibility index (Phi) is 7.54. The number of amides is 2. The molecule has 5 nitrogen and oxygen atoms in total. The molecular formula is C12H25N3O2. The van der Waals surface area contributed by atoms with Crippen LogP contribution in [0.4, 0.5) is 0 Å². The first-order chi connectivity index (χ1) is 7.88. The highest BCUT2D eigenvalue weighted by Gasteiger charge is 2.14. The standard InChI is InChI=1S/C12H25N3O2/c1-9(2)14-11(16)6-5-7-12(17)15(4)10(3)8-13/h9-10H,5-8,13H2,1-4H3,(H,14,16). The van der Waals surface area contributed by atoms with Crippen molar-refractivity contribution >= 4 is 11.8 Å². The molecular weight excluding hydrogens is 218 g/mol. The predicted molar refractivity (Wildman–Crippen MR) is 68.4 cm³/mol. The zero-order valence-corrected chi connectivity index (χ0v) is 11.3. The lowest BCUT2D eigenvalue weighted by Crippen LogP contribution is -2.39. The van der Waals surface area contributed by atoms with Gasteiger partial charge in [-0.25, -0.2) is 0 Å². The average Bonchev–Trinajstić information content (AvgIpc) is 2.25. The molecule has 100 valence electrons. The van der Waals surface area contributed by atoms with Crippen molar-refractivity contribution < 1.29 is 9.59 Å². The highest BCUT2D eigenvalue weighted by Crippen LogP contribution is 2.03. The van der Waals surface area contributed by atoms with Gasteiger partial charge in [0.15, 0.2) is 0 Å². The Morgan fingerprint density at radius 3 is 2.29 bits per heavy atom. The summed E-state index contributed by atoms with van der Waals surface area (Å²) in [6.07, 6.45) is 1.38. The third-order valence-electron chi connectivity index (χ3n) is 2.64. The molecule has 0 aromatic rings. The quantitative estimate of drug-likeness (QED) is 0.683. The highest BCUT2D eigenvalue weighted by atomic mass is 16.2. The van der Waals surface area contributed by atoms with Gasteiger partial charge in [-0.15, -0.1) is 0 Å². The lowest BCUT2D eigenvalue weighted by atomic mass is 10.2. The topological polar surface area (TPSA) is 75.4 Å². The molecule has 0 saturated carbocycles. The van der Waals surface area contributed by atoms with Crippen LogP contribution in [0.2, 0.25) is 0 Å². The molecule has 5 heteroatoms. The third kappa shape index (κ3) is 6.94. The van der Waals surface area contributed by atoms with Crippen LogP contribution in [0.15, 0.2) is 0 Å². The third-order valence-corrected chi connectivity index (χ3v) is 2.64. The first-order valence-corrected chi connectivity index (χ1v) is 6.13. The number of carbonyl (C=O) groups is 2. The molecule has 0 heterocycles. The summed E-state index contributed by atoms with van der Waals surface area (Å²) < 4.78 is 0. The van der Waals surface area contributed by atoms with Gasteiger partial charge in [0.1, 0.15) is 0 Å². The Hall–Kier alpha value is -1.10. The first-order valence-electron chi connectivity index (χ1n) is 6.13. The fraction of sp³-hybridized carbons (Fsp3) is 0.833. The van der Waals surface area contributed by atoms with E-state index in [1.54, 1.807) is 11.9 Å². The van der Waals surface area contributed by atoms with E-state index in [1.807, 2.05) is 20.8 Å². The van der Waals surface area contributed by atoms with Gasteiger partial charge in [-0.2, -0.15) is 0 Å². The van der Waals surface area contributed by atoms with Crippen molar-refractivity contribution in [1.29, 1.82) is 0 Å². The van der Waals surface area contributed by atoms with Crippen LogP contribution in [0.5, 0.6) is 0 Å². The van der Waals surface area contributed by atoms with Crippen molar-refractivity contribution in [3.8, 4) is 0 Å². The maximum atomic E-state index is 11.7. The number of hydrogen-bond acceptors (Lipinski definition) is 3. The zero-order valence-electron chi connectivity index (χ0n) is 11.3. The maximum Gasteiger partial charge on any atom is 0.222 e. The van der Waals surface area contributed by atoms with Crippen LogP contribution in [0.1, 0.15) is 40.0 Å². The van der Waals surface area contributed by atoms with Gasteiger partial charge in [0.05, 0.1) is 0 Å². The van der Waals surface area contributed by atoms with Crippen LogP contribution in [0.25, 0.3) is 0 Å². The molecule has 3 N–H and O–H groups in total. The number of nitrogens with one attached hydrogen (secondary N) is 1. The summed E-state index contributed by atoms with van der Waals surface area (Å²) in [6.45, 7) is 6.19. The van der Waals surface area contributed by atoms with Gasteiger partial charge in [0.2, 0.25) is 11.8 Å². The number of nitrogens with two attached hydrogens (primary N) is 1. The van der Waals surface area contributed by atoms with Gasteiger partial charge in [0.25, 0.3) is 0 Å². The second kappa shape index (κ2) is 8.06. The number of rotatable bonds is 7. The summed E-state index contributed by atoms with van der Waals surface area (Å²) in [5.74, 6) is 0.0441. The van der Waals surface area contributed by atoms with E-state index in [9.17, 15) is 9.59 Å². The Balaban J connectivity index is 3.82. The summed E-state index contributed by atoms with van der Waals surface area (Å²) in [6, 6.07) is 0.199. The van der Waals surface area contributed by atoms with E-state index < -0.39 is 0 Å². The number of carbonyl (C=O) groups excluding carboxylic acids is 2. The average molecular weight is 243 g/mol. The van der Waals surface area contributed by atoms with Crippen molar-refractivity contribution in [3.05, 3.63) is 0 Å². The molecule has 2 amide bonds. The molecule has 0 saturated heterocycles. The van der Waals surface area contributed by atoms with Crippen LogP contribution in [0.3, 0.4) is 0 Å². The van der Waals surface area contributed by atoms with E-state index >= 15 is 0 Å². The summed E-state index contributed by atoms with van der Waals surface area (Å²) in [7, 11) is 1.74. The van der Waals surface area contributed by atoms with Crippen LogP contribution >= 0.6 is 0 Å². The first kappa shape index (κ1) is 15.9. The van der Waals surface area contributed by atoms with E-state index in [0.29, 0.717) is 25.8 Å². The summed E-state index contributed by atoms with van der Waals surface area (Å²) >= 11 is 0. The fourth-order valence-electron chi connectivity index (χ4n) is 1.37. The molecule has 0 bridgehead atoms. The Morgan fingerprint density at radius 1 is 1.24 bits per heavy atom. The molecule has 0 radical (unpaired) electrons. The number of likely N-dealkylation sites (N-methyl/N-ethyl adjacent to an activating group) is 1. The van der Waals surface area contributed by atoms with Gasteiger partial charge >= 0.3 is 0 Å². The largest absolute Gasteiger partial charge is 0.354 e. The molecule has 0 rings (SSSR count). The summed E-state index contributed by atoms with van der Waals surface area (Å²) in [5, 5.41) is 2.80. The minimum atomic E-state index is 0.00215. The predicted octanol–water partition coefficient (Wildman–Crippen LogP) is 0.487. The van der Waals surface area contributed by atoms with Crippen molar-refractivity contribution in [3.63, 3.8) is 0 Å². The van der Waals surface area contributed by atoms with Crippen LogP contribution in [-0.4, -0.2) is 42.4 Å². The smallest absolute Gasteiger partial charge is 0.222 e. The summed E-state index contributed by atoms with van der Waals surface area (Å²) in [5.41, 5.74) is 5.48. The van der Waals surface area contributed by atoms with Crippen molar-refractivity contribution in [2.24, 2.45) is 5.73 Å². The lowest BCUT2D eigenvalue weighted by molar-refractivity contribution is -0.131. The minimum absolute atomic E-state index is 0.00215. The summed E-state index contributed by atoms with van der Waals surface area (Å²) in [4.78, 5) is 24.7. The van der Waals surface area contributed by atoms with Gasteiger partial charge in [-0.1, -0.05) is 0 Å². The minimum Gasteiger partial charge on any atom is -0.354 e. The Labute approximate surface area is 104 Å². The second-order valence-electron chi connectivity index (χ2n) is 4.67. The highest BCUT2D eigenvalue weighted by molar-refractivity contribution is 5.79. The van der Waals surface area contributed by atoms with Crippen molar-refractivity contribution in [1.82, 2.24) is 10.2 Å². The molecule has 1 atom stereocenters. The van der Waals surface area contributed by atoms with E-state index in [-0.39, 0.29) is 23.9 Å². The monoisotopic (exact) mass is 243 g/mol. The molecule has 0 fully saturated rings. The second-order valence-corrected chi connectivity index (χ2v) is 4.67. The number of nitrogens with zero attached hydrogens (tertiary/aromatic N) is 1. The van der Waals surface area contributed by atoms with Gasteiger partial charge in [-0.3, -0.25) is 9.59 Å². The van der Waals surface area contributed by atoms with Gasteiger partial charge < -0.3 is 16.0 Å². The molecule has 1 unspecified atom stereocenters. The molecule has 0 aromatic carbocycles.